The number of carbonyl (C=O) groups is 1. The maximum absolute atomic E-state index is 12.4. The van der Waals surface area contributed by atoms with Crippen LogP contribution in [0.4, 0.5) is 0 Å². The Morgan fingerprint density at radius 3 is 2.50 bits per heavy atom. The van der Waals surface area contributed by atoms with E-state index in [9.17, 15) is 9.00 Å². The van der Waals surface area contributed by atoms with Crippen LogP contribution in [0, 0.1) is 20.8 Å². The van der Waals surface area contributed by atoms with Gasteiger partial charge in [0.15, 0.2) is 0 Å². The molecule has 20 heavy (non-hydrogen) atoms. The second-order valence-corrected chi connectivity index (χ2v) is 7.43. The Kier molecular flexibility index (Phi) is 4.40. The van der Waals surface area contributed by atoms with Crippen LogP contribution in [-0.4, -0.2) is 15.3 Å². The second-order valence-electron chi connectivity index (χ2n) is 4.76. The third kappa shape index (κ3) is 3.16. The Morgan fingerprint density at radius 1 is 1.25 bits per heavy atom. The fourth-order valence-electron chi connectivity index (χ4n) is 2.04. The minimum absolute atomic E-state index is 0.301. The summed E-state index contributed by atoms with van der Waals surface area (Å²) in [4.78, 5) is 13.0. The zero-order valence-electron chi connectivity index (χ0n) is 11.6. The zero-order chi connectivity index (χ0) is 14.9. The molecule has 0 spiro atoms. The minimum Gasteiger partial charge on any atom is -0.477 e. The van der Waals surface area contributed by atoms with E-state index in [2.05, 4.69) is 0 Å². The van der Waals surface area contributed by atoms with Gasteiger partial charge in [-0.15, -0.1) is 11.3 Å². The van der Waals surface area contributed by atoms with Crippen LogP contribution >= 0.6 is 11.3 Å². The summed E-state index contributed by atoms with van der Waals surface area (Å²) >= 11 is 1.23. The van der Waals surface area contributed by atoms with Crippen molar-refractivity contribution in [3.8, 4) is 0 Å². The predicted molar refractivity (Wildman–Crippen MR) is 82.0 cm³/mol. The van der Waals surface area contributed by atoms with Crippen molar-refractivity contribution in [3.63, 3.8) is 0 Å². The van der Waals surface area contributed by atoms with Crippen LogP contribution in [-0.2, 0) is 16.6 Å². The van der Waals surface area contributed by atoms with Gasteiger partial charge in [0.2, 0.25) is 0 Å². The lowest BCUT2D eigenvalue weighted by Crippen LogP contribution is -1.99. The molecule has 0 bridgehead atoms. The van der Waals surface area contributed by atoms with Crippen molar-refractivity contribution in [2.24, 2.45) is 0 Å². The highest BCUT2D eigenvalue weighted by Crippen LogP contribution is 2.25. The quantitative estimate of drug-likeness (QED) is 0.937. The first kappa shape index (κ1) is 14.9. The van der Waals surface area contributed by atoms with E-state index in [1.807, 2.05) is 39.0 Å². The third-order valence-electron chi connectivity index (χ3n) is 3.09. The van der Waals surface area contributed by atoms with E-state index in [1.165, 1.54) is 11.3 Å². The molecule has 0 fully saturated rings. The van der Waals surface area contributed by atoms with Crippen LogP contribution in [0.5, 0.6) is 0 Å². The smallest absolute Gasteiger partial charge is 0.345 e. The molecule has 3 nitrogen and oxygen atoms in total. The lowest BCUT2D eigenvalue weighted by molar-refractivity contribution is 0.0702. The fourth-order valence-corrected chi connectivity index (χ4v) is 4.39. The van der Waals surface area contributed by atoms with Crippen molar-refractivity contribution in [2.75, 3.05) is 0 Å². The molecule has 2 aromatic rings. The van der Waals surface area contributed by atoms with E-state index >= 15 is 0 Å². The van der Waals surface area contributed by atoms with Crippen molar-refractivity contribution in [1.29, 1.82) is 0 Å². The van der Waals surface area contributed by atoms with Gasteiger partial charge in [-0.3, -0.25) is 4.21 Å². The van der Waals surface area contributed by atoms with Gasteiger partial charge < -0.3 is 5.11 Å². The van der Waals surface area contributed by atoms with Gasteiger partial charge in [0, 0.05) is 9.77 Å². The summed E-state index contributed by atoms with van der Waals surface area (Å²) in [5, 5.41) is 8.98. The molecular weight excluding hydrogens is 292 g/mol. The van der Waals surface area contributed by atoms with Crippen LogP contribution in [0.2, 0.25) is 0 Å². The summed E-state index contributed by atoms with van der Waals surface area (Å²) in [6.45, 7) is 5.82. The van der Waals surface area contributed by atoms with E-state index in [0.717, 1.165) is 26.5 Å². The van der Waals surface area contributed by atoms with Gasteiger partial charge in [-0.25, -0.2) is 4.79 Å². The molecule has 2 rings (SSSR count). The number of hydrogen-bond acceptors (Lipinski definition) is 3. The molecule has 1 heterocycles. The molecule has 0 aliphatic carbocycles. The average molecular weight is 308 g/mol. The summed E-state index contributed by atoms with van der Waals surface area (Å²) in [5.41, 5.74) is 3.00. The maximum atomic E-state index is 12.4. The van der Waals surface area contributed by atoms with Crippen LogP contribution in [0.25, 0.3) is 0 Å². The topological polar surface area (TPSA) is 54.4 Å². The van der Waals surface area contributed by atoms with Crippen molar-refractivity contribution in [2.45, 2.75) is 31.4 Å². The molecule has 0 aliphatic heterocycles. The fraction of sp³-hybridized carbons (Fsp3) is 0.267. The molecule has 5 heteroatoms. The monoisotopic (exact) mass is 308 g/mol. The van der Waals surface area contributed by atoms with Gasteiger partial charge in [0.05, 0.1) is 16.6 Å². The lowest BCUT2D eigenvalue weighted by Gasteiger charge is -2.06. The van der Waals surface area contributed by atoms with Crippen LogP contribution in [0.1, 0.15) is 31.2 Å². The number of aryl methyl sites for hydroxylation is 3. The molecule has 1 atom stereocenters. The Hall–Kier alpha value is -1.46. The Labute approximate surface area is 124 Å². The molecule has 1 unspecified atom stereocenters. The van der Waals surface area contributed by atoms with Crippen molar-refractivity contribution in [1.82, 2.24) is 0 Å². The first-order chi connectivity index (χ1) is 9.38. The largest absolute Gasteiger partial charge is 0.477 e. The summed E-state index contributed by atoms with van der Waals surface area (Å²) < 4.78 is 12.4. The van der Waals surface area contributed by atoms with E-state index in [-0.39, 0.29) is 0 Å². The van der Waals surface area contributed by atoms with Gasteiger partial charge in [0.25, 0.3) is 0 Å². The number of thiophene rings is 1. The van der Waals surface area contributed by atoms with Gasteiger partial charge in [-0.2, -0.15) is 0 Å². The number of aromatic carboxylic acids is 1. The Balaban J connectivity index is 2.25. The SMILES string of the molecule is Cc1ccc(S(=O)Cc2cc(C(=O)O)sc2C)c(C)c1. The summed E-state index contributed by atoms with van der Waals surface area (Å²) in [6.07, 6.45) is 0. The van der Waals surface area contributed by atoms with Crippen molar-refractivity contribution >= 4 is 28.1 Å². The zero-order valence-corrected chi connectivity index (χ0v) is 13.2. The van der Waals surface area contributed by atoms with E-state index in [1.54, 1.807) is 6.07 Å². The van der Waals surface area contributed by atoms with Gasteiger partial charge in [-0.1, -0.05) is 17.7 Å². The Bertz CT molecular complexity index is 686. The highest BCUT2D eigenvalue weighted by atomic mass is 32.2. The summed E-state index contributed by atoms with van der Waals surface area (Å²) in [5.74, 6) is -0.568. The third-order valence-corrected chi connectivity index (χ3v) is 5.70. The highest BCUT2D eigenvalue weighted by molar-refractivity contribution is 7.84. The molecule has 1 aromatic carbocycles. The molecule has 0 aliphatic rings. The first-order valence-electron chi connectivity index (χ1n) is 6.16. The number of carboxylic acid groups (broad SMARTS) is 1. The molecular formula is C15H16O3S2. The van der Waals surface area contributed by atoms with Crippen molar-refractivity contribution < 1.29 is 14.1 Å². The minimum atomic E-state index is -1.15. The molecule has 0 saturated carbocycles. The predicted octanol–water partition coefficient (Wildman–Crippen LogP) is 3.68. The normalized spacial score (nSPS) is 12.3. The van der Waals surface area contributed by atoms with Gasteiger partial charge in [0.1, 0.15) is 4.88 Å². The Morgan fingerprint density at radius 2 is 1.95 bits per heavy atom. The standard InChI is InChI=1S/C15H16O3S2/c1-9-4-5-14(10(2)6-9)20(18)8-12-7-13(15(16)17)19-11(12)3/h4-7H,8H2,1-3H3,(H,16,17). The second kappa shape index (κ2) is 5.89. The van der Waals surface area contributed by atoms with E-state index in [4.69, 9.17) is 5.11 Å². The van der Waals surface area contributed by atoms with Crippen LogP contribution < -0.4 is 0 Å². The molecule has 0 radical (unpaired) electrons. The first-order valence-corrected chi connectivity index (χ1v) is 8.30. The number of benzene rings is 1. The number of carboxylic acids is 1. The van der Waals surface area contributed by atoms with E-state index in [0.29, 0.717) is 10.6 Å². The van der Waals surface area contributed by atoms with Gasteiger partial charge in [-0.05, 0) is 44.0 Å². The molecule has 1 aromatic heterocycles. The highest BCUT2D eigenvalue weighted by Gasteiger charge is 2.15. The maximum Gasteiger partial charge on any atom is 0.345 e. The lowest BCUT2D eigenvalue weighted by atomic mass is 10.2. The van der Waals surface area contributed by atoms with Crippen LogP contribution in [0.3, 0.4) is 0 Å². The number of rotatable bonds is 4. The molecule has 106 valence electrons. The molecule has 0 amide bonds. The van der Waals surface area contributed by atoms with Crippen molar-refractivity contribution in [3.05, 3.63) is 50.7 Å². The molecule has 1 N–H and O–H groups in total. The van der Waals surface area contributed by atoms with E-state index < -0.39 is 16.8 Å². The molecule has 0 saturated heterocycles. The summed E-state index contributed by atoms with van der Waals surface area (Å²) in [7, 11) is -1.15. The van der Waals surface area contributed by atoms with Gasteiger partial charge >= 0.3 is 5.97 Å². The summed E-state index contributed by atoms with van der Waals surface area (Å²) in [6, 6.07) is 7.48. The van der Waals surface area contributed by atoms with Crippen LogP contribution in [0.15, 0.2) is 29.2 Å². The number of hydrogen-bond donors (Lipinski definition) is 1. The average Bonchev–Trinajstić information content (AvgIpc) is 2.71.